The van der Waals surface area contributed by atoms with Gasteiger partial charge in [-0.3, -0.25) is 29.4 Å². The summed E-state index contributed by atoms with van der Waals surface area (Å²) in [6.07, 6.45) is 2.01. The number of likely N-dealkylation sites (tertiary alicyclic amines) is 1. The monoisotopic (exact) mass is 513 g/mol. The first-order valence-corrected chi connectivity index (χ1v) is 11.9. The molecule has 3 aromatic carbocycles. The summed E-state index contributed by atoms with van der Waals surface area (Å²) in [5.41, 5.74) is 1.32. The summed E-state index contributed by atoms with van der Waals surface area (Å²) < 4.78 is 0. The minimum Gasteiger partial charge on any atom is -0.394 e. The lowest BCUT2D eigenvalue weighted by Crippen LogP contribution is -2.74. The van der Waals surface area contributed by atoms with E-state index in [9.17, 15) is 34.7 Å². The Morgan fingerprint density at radius 1 is 0.895 bits per heavy atom. The predicted molar refractivity (Wildman–Crippen MR) is 136 cm³/mol. The number of benzene rings is 3. The van der Waals surface area contributed by atoms with Gasteiger partial charge in [0, 0.05) is 12.1 Å². The summed E-state index contributed by atoms with van der Waals surface area (Å²) in [6, 6.07) is 17.5. The van der Waals surface area contributed by atoms with Crippen LogP contribution < -0.4 is 0 Å². The van der Waals surface area contributed by atoms with Gasteiger partial charge < -0.3 is 15.1 Å². The van der Waals surface area contributed by atoms with Crippen molar-refractivity contribution in [2.24, 2.45) is 0 Å². The van der Waals surface area contributed by atoms with Crippen molar-refractivity contribution in [1.82, 2.24) is 9.80 Å². The molecule has 38 heavy (non-hydrogen) atoms. The van der Waals surface area contributed by atoms with E-state index in [0.717, 1.165) is 10.5 Å². The van der Waals surface area contributed by atoms with E-state index < -0.39 is 53.5 Å². The molecule has 3 aromatic rings. The second-order valence-electron chi connectivity index (χ2n) is 9.02. The molecule has 2 heterocycles. The van der Waals surface area contributed by atoms with Gasteiger partial charge >= 0.3 is 0 Å². The first-order chi connectivity index (χ1) is 18.3. The van der Waals surface area contributed by atoms with Gasteiger partial charge in [0.2, 0.25) is 5.91 Å². The minimum absolute atomic E-state index is 0.170. The van der Waals surface area contributed by atoms with Crippen LogP contribution in [0.25, 0.3) is 6.08 Å². The topological polar surface area (TPSA) is 141 Å². The third-order valence-corrected chi connectivity index (χ3v) is 6.90. The fourth-order valence-electron chi connectivity index (χ4n) is 4.95. The van der Waals surface area contributed by atoms with E-state index >= 15 is 0 Å². The zero-order valence-electron chi connectivity index (χ0n) is 20.0. The Labute approximate surface area is 217 Å². The summed E-state index contributed by atoms with van der Waals surface area (Å²) in [5.74, 6) is -1.78. The highest BCUT2D eigenvalue weighted by Crippen LogP contribution is 2.37. The molecule has 0 spiro atoms. The van der Waals surface area contributed by atoms with Crippen molar-refractivity contribution in [3.05, 3.63) is 117 Å². The molecule has 2 N–H and O–H groups in total. The minimum atomic E-state index is -1.39. The molecule has 0 radical (unpaired) electrons. The normalized spacial score (nSPS) is 20.4. The predicted octanol–water partition coefficient (Wildman–Crippen LogP) is 2.58. The summed E-state index contributed by atoms with van der Waals surface area (Å²) in [7, 11) is 0. The number of rotatable bonds is 8. The van der Waals surface area contributed by atoms with Crippen molar-refractivity contribution in [3.8, 4) is 0 Å². The van der Waals surface area contributed by atoms with Crippen LogP contribution in [0.15, 0.2) is 84.9 Å². The van der Waals surface area contributed by atoms with Crippen LogP contribution in [0.4, 0.5) is 5.69 Å². The summed E-state index contributed by atoms with van der Waals surface area (Å²) in [4.78, 5) is 52.4. The van der Waals surface area contributed by atoms with E-state index in [0.29, 0.717) is 0 Å². The lowest BCUT2D eigenvalue weighted by atomic mass is 9.87. The molecule has 192 valence electrons. The SMILES string of the molecule is O=C1c2ccccc2C(=O)N1[C@@H]1C(=O)N([C@@H](CO)[C@@H](O)c2ccc([N+](=O)[O-])cc2)[C@@H]1/C=C/c1ccccc1. The molecule has 2 aliphatic rings. The van der Waals surface area contributed by atoms with Gasteiger partial charge in [0.1, 0.15) is 12.1 Å². The number of nitrogens with zero attached hydrogens (tertiary/aromatic N) is 3. The van der Waals surface area contributed by atoms with E-state index in [-0.39, 0.29) is 22.4 Å². The fraction of sp³-hybridized carbons (Fsp3) is 0.179. The molecule has 5 rings (SSSR count). The first-order valence-electron chi connectivity index (χ1n) is 11.9. The second kappa shape index (κ2) is 10.0. The maximum atomic E-state index is 13.5. The van der Waals surface area contributed by atoms with Gasteiger partial charge in [-0.2, -0.15) is 0 Å². The van der Waals surface area contributed by atoms with E-state index in [1.165, 1.54) is 41.3 Å². The molecule has 0 bridgehead atoms. The van der Waals surface area contributed by atoms with E-state index in [4.69, 9.17) is 0 Å². The lowest BCUT2D eigenvalue weighted by Gasteiger charge is -2.52. The highest BCUT2D eigenvalue weighted by Gasteiger charge is 2.57. The smallest absolute Gasteiger partial charge is 0.269 e. The molecule has 0 aromatic heterocycles. The molecular weight excluding hydrogens is 490 g/mol. The molecule has 1 saturated heterocycles. The number of β-lactam (4-membered cyclic amide) rings is 1. The Hall–Kier alpha value is -4.67. The van der Waals surface area contributed by atoms with Gasteiger partial charge in [-0.05, 0) is 35.4 Å². The molecule has 0 aliphatic carbocycles. The van der Waals surface area contributed by atoms with Crippen LogP contribution in [0, 0.1) is 10.1 Å². The van der Waals surface area contributed by atoms with Crippen LogP contribution in [0.3, 0.4) is 0 Å². The van der Waals surface area contributed by atoms with E-state index in [1.807, 2.05) is 30.3 Å². The van der Waals surface area contributed by atoms with Gasteiger partial charge in [0.05, 0.1) is 34.7 Å². The van der Waals surface area contributed by atoms with Crippen molar-refractivity contribution in [2.45, 2.75) is 24.2 Å². The number of fused-ring (bicyclic) bond motifs is 1. The fourth-order valence-corrected chi connectivity index (χ4v) is 4.95. The standard InChI is InChI=1S/C28H23N3O7/c32-16-23(25(33)18-11-13-19(14-12-18)31(37)38)29-22(15-10-17-6-2-1-3-7-17)24(28(29)36)30-26(34)20-8-4-5-9-21(20)27(30)35/h1-15,22-25,32-33H,16H2/b15-10+/t22-,23+,24+,25+/m1/s1. The van der Waals surface area contributed by atoms with Gasteiger partial charge in [-0.25, -0.2) is 0 Å². The number of carbonyl (C=O) groups excluding carboxylic acids is 3. The first kappa shape index (κ1) is 25.0. The molecule has 2 aliphatic heterocycles. The quantitative estimate of drug-likeness (QED) is 0.204. The number of aliphatic hydroxyl groups is 2. The molecule has 4 atom stereocenters. The Morgan fingerprint density at radius 2 is 1.47 bits per heavy atom. The number of imide groups is 1. The van der Waals surface area contributed by atoms with Crippen molar-refractivity contribution >= 4 is 29.5 Å². The zero-order chi connectivity index (χ0) is 27.0. The Bertz CT molecular complexity index is 1400. The highest BCUT2D eigenvalue weighted by molar-refractivity contribution is 6.23. The maximum absolute atomic E-state index is 13.5. The number of hydrogen-bond acceptors (Lipinski definition) is 7. The van der Waals surface area contributed by atoms with Gasteiger partial charge in [-0.15, -0.1) is 0 Å². The Morgan fingerprint density at radius 3 is 2.03 bits per heavy atom. The Balaban J connectivity index is 1.49. The number of aliphatic hydroxyl groups excluding tert-OH is 2. The number of amides is 3. The van der Waals surface area contributed by atoms with Crippen LogP contribution >= 0.6 is 0 Å². The lowest BCUT2D eigenvalue weighted by molar-refractivity contribution is -0.384. The van der Waals surface area contributed by atoms with Crippen molar-refractivity contribution in [1.29, 1.82) is 0 Å². The summed E-state index contributed by atoms with van der Waals surface area (Å²) >= 11 is 0. The Kier molecular flexibility index (Phi) is 6.58. The molecule has 10 nitrogen and oxygen atoms in total. The molecular formula is C28H23N3O7. The largest absolute Gasteiger partial charge is 0.394 e. The van der Waals surface area contributed by atoms with Crippen molar-refractivity contribution < 1.29 is 29.5 Å². The summed E-state index contributed by atoms with van der Waals surface area (Å²) in [6.45, 7) is -0.631. The van der Waals surface area contributed by atoms with Crippen LogP contribution in [0.2, 0.25) is 0 Å². The van der Waals surface area contributed by atoms with Gasteiger partial charge in [0.25, 0.3) is 17.5 Å². The zero-order valence-corrected chi connectivity index (χ0v) is 20.0. The summed E-state index contributed by atoms with van der Waals surface area (Å²) in [5, 5.41) is 32.3. The van der Waals surface area contributed by atoms with Crippen LogP contribution in [-0.2, 0) is 4.79 Å². The highest BCUT2D eigenvalue weighted by atomic mass is 16.6. The van der Waals surface area contributed by atoms with E-state index in [1.54, 1.807) is 24.3 Å². The molecule has 1 fully saturated rings. The third-order valence-electron chi connectivity index (χ3n) is 6.90. The number of non-ortho nitro benzene ring substituents is 1. The van der Waals surface area contributed by atoms with Crippen LogP contribution in [0.5, 0.6) is 0 Å². The van der Waals surface area contributed by atoms with Gasteiger partial charge in [0.15, 0.2) is 0 Å². The number of nitro benzene ring substituents is 1. The third kappa shape index (κ3) is 4.15. The molecule has 0 saturated carbocycles. The molecule has 10 heteroatoms. The van der Waals surface area contributed by atoms with Crippen molar-refractivity contribution in [2.75, 3.05) is 6.61 Å². The maximum Gasteiger partial charge on any atom is 0.269 e. The second-order valence-corrected chi connectivity index (χ2v) is 9.02. The average molecular weight is 514 g/mol. The van der Waals surface area contributed by atoms with Crippen molar-refractivity contribution in [3.63, 3.8) is 0 Å². The molecule has 3 amide bonds. The van der Waals surface area contributed by atoms with Crippen LogP contribution in [0.1, 0.15) is 37.9 Å². The number of hydrogen-bond donors (Lipinski definition) is 2. The van der Waals surface area contributed by atoms with Crippen LogP contribution in [-0.4, -0.2) is 67.4 Å². The molecule has 0 unspecified atom stereocenters. The van der Waals surface area contributed by atoms with Gasteiger partial charge in [-0.1, -0.05) is 54.6 Å². The number of carbonyl (C=O) groups is 3. The average Bonchev–Trinajstić information content (AvgIpc) is 3.19. The van der Waals surface area contributed by atoms with E-state index in [2.05, 4.69) is 0 Å². The number of nitro groups is 1.